The number of hydrogen-bond acceptors (Lipinski definition) is 6. The van der Waals surface area contributed by atoms with Gasteiger partial charge in [-0.2, -0.15) is 0 Å². The smallest absolute Gasteiger partial charge is 0.321 e. The number of carbonyl (C=O) groups excluding carboxylic acids is 3. The molecule has 0 aliphatic rings. The minimum absolute atomic E-state index is 0.325. The predicted molar refractivity (Wildman–Crippen MR) is 99.9 cm³/mol. The summed E-state index contributed by atoms with van der Waals surface area (Å²) in [5.74, 6) is -1.78. The molecule has 27 heavy (non-hydrogen) atoms. The number of imide groups is 1. The van der Waals surface area contributed by atoms with Gasteiger partial charge in [-0.15, -0.1) is 0 Å². The normalized spacial score (nSPS) is 12.4. The van der Waals surface area contributed by atoms with Crippen LogP contribution < -0.4 is 15.4 Å². The lowest BCUT2D eigenvalue weighted by Crippen LogP contribution is -2.45. The Hall–Kier alpha value is -2.72. The Morgan fingerprint density at radius 1 is 1.19 bits per heavy atom. The van der Waals surface area contributed by atoms with E-state index in [-0.39, 0.29) is 0 Å². The molecule has 1 unspecified atom stereocenters. The monoisotopic (exact) mass is 397 g/mol. The molecule has 0 saturated carbocycles. The highest BCUT2D eigenvalue weighted by atomic mass is 32.2. The Bertz CT molecular complexity index is 802. The first kappa shape index (κ1) is 22.3. The number of amides is 3. The van der Waals surface area contributed by atoms with Crippen molar-refractivity contribution >= 4 is 34.0 Å². The summed E-state index contributed by atoms with van der Waals surface area (Å²) in [6, 6.07) is 6.47. The molecule has 0 aromatic heterocycles. The maximum atomic E-state index is 11.9. The van der Waals surface area contributed by atoms with Crippen LogP contribution in [0.15, 0.2) is 29.7 Å². The molecule has 1 aromatic rings. The molecule has 3 amide bonds. The zero-order valence-electron chi connectivity index (χ0n) is 15.3. The molecule has 10 heteroatoms. The highest BCUT2D eigenvalue weighted by Crippen LogP contribution is 2.06. The third kappa shape index (κ3) is 8.97. The van der Waals surface area contributed by atoms with Gasteiger partial charge in [0.2, 0.25) is 10.0 Å². The molecule has 1 aromatic carbocycles. The first-order chi connectivity index (χ1) is 12.6. The summed E-state index contributed by atoms with van der Waals surface area (Å²) in [7, 11) is -3.86. The van der Waals surface area contributed by atoms with E-state index in [9.17, 15) is 22.8 Å². The average molecular weight is 397 g/mol. The topological polar surface area (TPSA) is 131 Å². The van der Waals surface area contributed by atoms with Crippen molar-refractivity contribution in [1.82, 2.24) is 15.4 Å². The average Bonchev–Trinajstić information content (AvgIpc) is 2.60. The summed E-state index contributed by atoms with van der Waals surface area (Å²) in [5, 5.41) is 5.26. The number of sulfonamides is 1. The summed E-state index contributed by atoms with van der Waals surface area (Å²) in [6.45, 7) is 4.52. The fourth-order valence-corrected chi connectivity index (χ4v) is 2.52. The fourth-order valence-electron chi connectivity index (χ4n) is 1.76. The second kappa shape index (κ2) is 10.4. The van der Waals surface area contributed by atoms with Crippen molar-refractivity contribution in [2.45, 2.75) is 26.9 Å². The first-order valence-electron chi connectivity index (χ1n) is 8.15. The van der Waals surface area contributed by atoms with Crippen LogP contribution in [0.3, 0.4) is 0 Å². The number of carbonyl (C=O) groups is 3. The summed E-state index contributed by atoms with van der Waals surface area (Å²) in [5.41, 5.74) is 1.73. The lowest BCUT2D eigenvalue weighted by molar-refractivity contribution is -0.153. The van der Waals surface area contributed by atoms with Crippen LogP contribution in [0.4, 0.5) is 4.79 Å². The molecule has 0 spiro atoms. The van der Waals surface area contributed by atoms with Gasteiger partial charge in [-0.1, -0.05) is 29.8 Å². The van der Waals surface area contributed by atoms with Gasteiger partial charge in [0.25, 0.3) is 5.91 Å². The molecule has 1 atom stereocenters. The molecule has 0 heterocycles. The minimum Gasteiger partial charge on any atom is -0.452 e. The Balaban J connectivity index is 2.48. The number of aryl methyl sites for hydroxylation is 1. The number of ether oxygens (including phenoxy) is 1. The van der Waals surface area contributed by atoms with Crippen molar-refractivity contribution in [3.63, 3.8) is 0 Å². The van der Waals surface area contributed by atoms with E-state index in [4.69, 9.17) is 4.74 Å². The second-order valence-corrected chi connectivity index (χ2v) is 7.21. The Morgan fingerprint density at radius 3 is 2.41 bits per heavy atom. The Kier molecular flexibility index (Phi) is 8.63. The number of esters is 1. The van der Waals surface area contributed by atoms with Gasteiger partial charge in [0.15, 0.2) is 6.10 Å². The maximum Gasteiger partial charge on any atom is 0.321 e. The summed E-state index contributed by atoms with van der Waals surface area (Å²) in [6.07, 6.45) is 0.128. The molecule has 0 bridgehead atoms. The van der Waals surface area contributed by atoms with E-state index in [0.717, 1.165) is 11.0 Å². The van der Waals surface area contributed by atoms with E-state index in [0.29, 0.717) is 12.1 Å². The first-order valence-corrected chi connectivity index (χ1v) is 9.70. The predicted octanol–water partition coefficient (Wildman–Crippen LogP) is 0.663. The summed E-state index contributed by atoms with van der Waals surface area (Å²) in [4.78, 5) is 34.5. The van der Waals surface area contributed by atoms with Gasteiger partial charge in [-0.05, 0) is 32.4 Å². The van der Waals surface area contributed by atoms with Crippen LogP contribution in [-0.4, -0.2) is 45.5 Å². The molecule has 148 valence electrons. The highest BCUT2D eigenvalue weighted by Gasteiger charge is 2.20. The zero-order valence-corrected chi connectivity index (χ0v) is 16.1. The third-order valence-electron chi connectivity index (χ3n) is 3.19. The van der Waals surface area contributed by atoms with E-state index in [1.54, 1.807) is 19.1 Å². The van der Waals surface area contributed by atoms with Crippen molar-refractivity contribution in [1.29, 1.82) is 0 Å². The number of rotatable bonds is 8. The summed E-state index contributed by atoms with van der Waals surface area (Å²) < 4.78 is 30.6. The molecule has 0 aliphatic heterocycles. The van der Waals surface area contributed by atoms with E-state index in [1.807, 2.05) is 29.1 Å². The Morgan fingerprint density at radius 2 is 1.81 bits per heavy atom. The van der Waals surface area contributed by atoms with Crippen molar-refractivity contribution in [3.8, 4) is 0 Å². The van der Waals surface area contributed by atoms with Crippen LogP contribution in [0.25, 0.3) is 6.08 Å². The zero-order chi connectivity index (χ0) is 20.4. The van der Waals surface area contributed by atoms with E-state index in [1.165, 1.54) is 13.0 Å². The largest absolute Gasteiger partial charge is 0.452 e. The van der Waals surface area contributed by atoms with Gasteiger partial charge >= 0.3 is 12.0 Å². The second-order valence-electron chi connectivity index (χ2n) is 5.56. The lowest BCUT2D eigenvalue weighted by atomic mass is 10.2. The van der Waals surface area contributed by atoms with Gasteiger partial charge < -0.3 is 10.1 Å². The van der Waals surface area contributed by atoms with Crippen molar-refractivity contribution in [2.75, 3.05) is 13.1 Å². The maximum absolute atomic E-state index is 11.9. The van der Waals surface area contributed by atoms with Crippen LogP contribution in [-0.2, 0) is 24.3 Å². The van der Waals surface area contributed by atoms with Crippen LogP contribution in [0.2, 0.25) is 0 Å². The van der Waals surface area contributed by atoms with Crippen LogP contribution in [0.1, 0.15) is 25.0 Å². The SMILES string of the molecule is CCNC(=O)NC(=O)C(C)OC(=O)CNS(=O)(=O)C=Cc1ccc(C)cc1. The highest BCUT2D eigenvalue weighted by molar-refractivity contribution is 7.92. The minimum atomic E-state index is -3.86. The number of urea groups is 1. The Labute approximate surface area is 158 Å². The van der Waals surface area contributed by atoms with Crippen LogP contribution in [0, 0.1) is 6.92 Å². The summed E-state index contributed by atoms with van der Waals surface area (Å²) >= 11 is 0. The quantitative estimate of drug-likeness (QED) is 0.553. The van der Waals surface area contributed by atoms with Gasteiger partial charge in [0.05, 0.1) is 0 Å². The van der Waals surface area contributed by atoms with Crippen molar-refractivity contribution < 1.29 is 27.5 Å². The molecule has 0 radical (unpaired) electrons. The number of benzene rings is 1. The molecule has 0 aliphatic carbocycles. The van der Waals surface area contributed by atoms with Crippen LogP contribution >= 0.6 is 0 Å². The number of hydrogen-bond donors (Lipinski definition) is 3. The van der Waals surface area contributed by atoms with Crippen molar-refractivity contribution in [3.05, 3.63) is 40.8 Å². The molecular weight excluding hydrogens is 374 g/mol. The van der Waals surface area contributed by atoms with Crippen LogP contribution in [0.5, 0.6) is 0 Å². The fraction of sp³-hybridized carbons (Fsp3) is 0.353. The van der Waals surface area contributed by atoms with E-state index in [2.05, 4.69) is 5.32 Å². The molecule has 9 nitrogen and oxygen atoms in total. The number of nitrogens with one attached hydrogen (secondary N) is 3. The molecule has 0 saturated heterocycles. The van der Waals surface area contributed by atoms with Crippen molar-refractivity contribution in [2.24, 2.45) is 0 Å². The van der Waals surface area contributed by atoms with Gasteiger partial charge in [0, 0.05) is 12.0 Å². The van der Waals surface area contributed by atoms with Gasteiger partial charge in [-0.25, -0.2) is 17.9 Å². The standard InChI is InChI=1S/C17H23N3O6S/c1-4-18-17(23)20-16(22)13(3)26-15(21)11-19-27(24,25)10-9-14-7-5-12(2)6-8-14/h5-10,13,19H,4,11H2,1-3H3,(H2,18,20,22,23). The molecule has 1 rings (SSSR count). The van der Waals surface area contributed by atoms with E-state index >= 15 is 0 Å². The van der Waals surface area contributed by atoms with Gasteiger partial charge in [0.1, 0.15) is 6.54 Å². The molecule has 0 fully saturated rings. The van der Waals surface area contributed by atoms with E-state index < -0.39 is 40.6 Å². The molecular formula is C17H23N3O6S. The third-order valence-corrected chi connectivity index (χ3v) is 4.23. The molecule has 3 N–H and O–H groups in total. The van der Waals surface area contributed by atoms with Gasteiger partial charge in [-0.3, -0.25) is 14.9 Å². The lowest BCUT2D eigenvalue weighted by Gasteiger charge is -2.13.